The van der Waals surface area contributed by atoms with Gasteiger partial charge in [-0.1, -0.05) is 23.2 Å². The maximum absolute atomic E-state index is 12.9. The fourth-order valence-corrected chi connectivity index (χ4v) is 3.19. The van der Waals surface area contributed by atoms with E-state index in [2.05, 4.69) is 26.3 Å². The molecule has 0 unspecified atom stereocenters. The lowest BCUT2D eigenvalue weighted by Gasteiger charge is -2.06. The maximum atomic E-state index is 12.9. The molecule has 1 heterocycles. The van der Waals surface area contributed by atoms with Gasteiger partial charge >= 0.3 is 7.75 Å². The molecule has 2 aromatic rings. The van der Waals surface area contributed by atoms with Crippen molar-refractivity contribution < 1.29 is 23.5 Å². The number of aromatic nitrogens is 2. The van der Waals surface area contributed by atoms with Crippen molar-refractivity contribution in [3.8, 4) is 0 Å². The molecule has 0 bridgehead atoms. The lowest BCUT2D eigenvalue weighted by atomic mass is 10.3. The van der Waals surface area contributed by atoms with Gasteiger partial charge in [0.25, 0.3) is 5.91 Å². The van der Waals surface area contributed by atoms with Crippen molar-refractivity contribution in [2.75, 3.05) is 5.32 Å². The van der Waals surface area contributed by atoms with Crippen LogP contribution >= 0.6 is 46.9 Å². The number of carbonyl (C=O) groups excluding carboxylic acids is 1. The van der Waals surface area contributed by atoms with Crippen LogP contribution in [0.4, 0.5) is 10.1 Å². The molecule has 118 valence electrons. The van der Waals surface area contributed by atoms with Gasteiger partial charge in [-0.25, -0.2) is 8.96 Å². The van der Waals surface area contributed by atoms with Gasteiger partial charge in [0, 0.05) is 0 Å². The highest BCUT2D eigenvalue weighted by Crippen LogP contribution is 2.42. The van der Waals surface area contributed by atoms with Crippen LogP contribution in [-0.2, 0) is 4.57 Å². The summed E-state index contributed by atoms with van der Waals surface area (Å²) >= 11 is 14.4. The van der Waals surface area contributed by atoms with Crippen molar-refractivity contribution in [2.45, 2.75) is 0 Å². The van der Waals surface area contributed by atoms with Crippen molar-refractivity contribution in [2.24, 2.45) is 0 Å². The summed E-state index contributed by atoms with van der Waals surface area (Å²) < 4.78 is 24.2. The van der Waals surface area contributed by atoms with E-state index in [1.54, 1.807) is 0 Å². The molecule has 0 saturated carbocycles. The van der Waals surface area contributed by atoms with E-state index in [4.69, 9.17) is 33.0 Å². The summed E-state index contributed by atoms with van der Waals surface area (Å²) in [6, 6.07) is 3.30. The number of nitrogens with zero attached hydrogens (tertiary/aromatic N) is 2. The molecule has 0 spiro atoms. The number of carbonyl (C=O) groups is 1. The number of hydrogen-bond acceptors (Lipinski definition) is 3. The minimum absolute atomic E-state index is 0.0509. The Bertz CT molecular complexity index is 810. The average Bonchev–Trinajstić information content (AvgIpc) is 2.69. The Kier molecular flexibility index (Phi) is 4.96. The number of rotatable bonds is 3. The van der Waals surface area contributed by atoms with E-state index >= 15 is 0 Å². The van der Waals surface area contributed by atoms with Crippen LogP contribution in [0.5, 0.6) is 0 Å². The normalized spacial score (nSPS) is 11.5. The van der Waals surface area contributed by atoms with E-state index in [9.17, 15) is 13.8 Å². The summed E-state index contributed by atoms with van der Waals surface area (Å²) in [5.74, 6) is -1.42. The molecule has 0 saturated heterocycles. The molecule has 0 atom stereocenters. The third-order valence-electron chi connectivity index (χ3n) is 2.40. The second kappa shape index (κ2) is 6.27. The van der Waals surface area contributed by atoms with Crippen LogP contribution in [0.2, 0.25) is 10.2 Å². The molecule has 7 nitrogen and oxygen atoms in total. The maximum Gasteiger partial charge on any atom is 0.451 e. The first-order chi connectivity index (χ1) is 10.1. The number of benzene rings is 1. The Labute approximate surface area is 141 Å². The number of nitrogens with one attached hydrogen (secondary N) is 1. The van der Waals surface area contributed by atoms with Gasteiger partial charge in [-0.15, -0.1) is 0 Å². The third kappa shape index (κ3) is 3.51. The topological polar surface area (TPSA) is 104 Å². The van der Waals surface area contributed by atoms with Crippen LogP contribution in [0.15, 0.2) is 22.7 Å². The molecular formula is C10H6BrCl2FN3O4P. The Morgan fingerprint density at radius 3 is 2.55 bits per heavy atom. The van der Waals surface area contributed by atoms with Crippen molar-refractivity contribution in [3.63, 3.8) is 0 Å². The Hall–Kier alpha value is -0.960. The minimum atomic E-state index is -4.81. The smallest absolute Gasteiger partial charge is 0.319 e. The fraction of sp³-hybridized carbons (Fsp3) is 0. The summed E-state index contributed by atoms with van der Waals surface area (Å²) in [6.45, 7) is 0. The standard InChI is InChI=1S/C10H6BrCl2FN3O4P/c11-7-8(16-17(9(7)13)22(19,20)21)10(18)15-6-2-1-4(14)3-5(6)12/h1-3H,(H,15,18)(H2,19,20,21). The molecule has 1 amide bonds. The molecule has 1 aromatic carbocycles. The zero-order valence-corrected chi connectivity index (χ0v) is 14.3. The zero-order valence-electron chi connectivity index (χ0n) is 10.3. The van der Waals surface area contributed by atoms with Gasteiger partial charge in [-0.05, 0) is 34.1 Å². The first kappa shape index (κ1) is 17.4. The second-order valence-electron chi connectivity index (χ2n) is 3.93. The van der Waals surface area contributed by atoms with Gasteiger partial charge < -0.3 is 15.1 Å². The third-order valence-corrected chi connectivity index (χ3v) is 4.94. The monoisotopic (exact) mass is 431 g/mol. The average molecular weight is 433 g/mol. The van der Waals surface area contributed by atoms with Crippen LogP contribution in [0.3, 0.4) is 0 Å². The molecule has 2 rings (SSSR count). The highest BCUT2D eigenvalue weighted by Gasteiger charge is 2.29. The Balaban J connectivity index is 2.36. The number of amides is 1. The number of hydrogen-bond donors (Lipinski definition) is 3. The highest BCUT2D eigenvalue weighted by atomic mass is 79.9. The molecule has 0 aliphatic carbocycles. The molecule has 0 aliphatic rings. The molecule has 3 N–H and O–H groups in total. The van der Waals surface area contributed by atoms with Gasteiger partial charge in [-0.2, -0.15) is 9.55 Å². The molecule has 0 aliphatic heterocycles. The van der Waals surface area contributed by atoms with Crippen LogP contribution in [-0.4, -0.2) is 25.2 Å². The van der Waals surface area contributed by atoms with Crippen LogP contribution in [0.1, 0.15) is 10.5 Å². The van der Waals surface area contributed by atoms with Crippen LogP contribution in [0, 0.1) is 5.82 Å². The minimum Gasteiger partial charge on any atom is -0.319 e. The van der Waals surface area contributed by atoms with E-state index in [1.807, 2.05) is 0 Å². The predicted molar refractivity (Wildman–Crippen MR) is 81.7 cm³/mol. The van der Waals surface area contributed by atoms with Gasteiger partial charge in [0.1, 0.15) is 5.82 Å². The Morgan fingerprint density at radius 1 is 1.41 bits per heavy atom. The van der Waals surface area contributed by atoms with E-state index in [-0.39, 0.29) is 25.3 Å². The van der Waals surface area contributed by atoms with Crippen LogP contribution < -0.4 is 5.32 Å². The lowest BCUT2D eigenvalue weighted by Crippen LogP contribution is -2.14. The molecule has 0 radical (unpaired) electrons. The van der Waals surface area contributed by atoms with Gasteiger partial charge in [-0.3, -0.25) is 4.79 Å². The van der Waals surface area contributed by atoms with Gasteiger partial charge in [0.05, 0.1) is 15.2 Å². The molecule has 1 aromatic heterocycles. The largest absolute Gasteiger partial charge is 0.451 e. The fourth-order valence-electron chi connectivity index (χ4n) is 1.46. The van der Waals surface area contributed by atoms with E-state index in [0.717, 1.165) is 12.1 Å². The van der Waals surface area contributed by atoms with E-state index < -0.39 is 24.6 Å². The summed E-state index contributed by atoms with van der Waals surface area (Å²) in [6.07, 6.45) is 0. The van der Waals surface area contributed by atoms with E-state index in [0.29, 0.717) is 0 Å². The molecule has 12 heteroatoms. The quantitative estimate of drug-likeness (QED) is 0.645. The Morgan fingerprint density at radius 2 is 2.05 bits per heavy atom. The zero-order chi connectivity index (χ0) is 16.7. The number of halogens is 4. The summed E-state index contributed by atoms with van der Waals surface area (Å²) in [5, 5.41) is 5.31. The summed E-state index contributed by atoms with van der Waals surface area (Å²) in [7, 11) is -4.81. The second-order valence-corrected chi connectivity index (χ2v) is 6.90. The van der Waals surface area contributed by atoms with Crippen molar-refractivity contribution in [1.29, 1.82) is 0 Å². The first-order valence-electron chi connectivity index (χ1n) is 5.38. The molecular weight excluding hydrogens is 427 g/mol. The predicted octanol–water partition coefficient (Wildman–Crippen LogP) is 3.28. The van der Waals surface area contributed by atoms with Gasteiger partial charge in [0.2, 0.25) is 0 Å². The highest BCUT2D eigenvalue weighted by molar-refractivity contribution is 9.10. The lowest BCUT2D eigenvalue weighted by molar-refractivity contribution is 0.102. The van der Waals surface area contributed by atoms with Crippen molar-refractivity contribution in [1.82, 2.24) is 9.55 Å². The van der Waals surface area contributed by atoms with Gasteiger partial charge in [0.15, 0.2) is 10.8 Å². The first-order valence-corrected chi connectivity index (χ1v) is 8.49. The summed E-state index contributed by atoms with van der Waals surface area (Å²) in [4.78, 5) is 30.2. The summed E-state index contributed by atoms with van der Waals surface area (Å²) in [5.41, 5.74) is -0.268. The van der Waals surface area contributed by atoms with E-state index in [1.165, 1.54) is 6.07 Å². The number of anilines is 1. The molecule has 0 fully saturated rings. The molecule has 22 heavy (non-hydrogen) atoms. The van der Waals surface area contributed by atoms with Crippen molar-refractivity contribution >= 4 is 58.5 Å². The SMILES string of the molecule is O=C(Nc1ccc(F)cc1Cl)c1nn(P(=O)(O)O)c(Cl)c1Br. The van der Waals surface area contributed by atoms with Crippen molar-refractivity contribution in [3.05, 3.63) is 44.4 Å². The van der Waals surface area contributed by atoms with Crippen LogP contribution in [0.25, 0.3) is 0 Å².